The van der Waals surface area contributed by atoms with E-state index in [0.29, 0.717) is 39.5 Å². The first-order valence-corrected chi connectivity index (χ1v) is 8.01. The van der Waals surface area contributed by atoms with E-state index in [9.17, 15) is 9.59 Å². The van der Waals surface area contributed by atoms with Gasteiger partial charge in [0.25, 0.3) is 0 Å². The zero-order valence-corrected chi connectivity index (χ0v) is 13.5. The molecule has 1 aromatic rings. The zero-order valence-electron chi connectivity index (χ0n) is 13.5. The van der Waals surface area contributed by atoms with Gasteiger partial charge in [-0.25, -0.2) is 0 Å². The van der Waals surface area contributed by atoms with Crippen LogP contribution in [0.25, 0.3) is 0 Å². The van der Waals surface area contributed by atoms with E-state index in [1.165, 1.54) is 0 Å². The van der Waals surface area contributed by atoms with Gasteiger partial charge in [-0.1, -0.05) is 18.2 Å². The Bertz CT molecular complexity index is 527. The fourth-order valence-corrected chi connectivity index (χ4v) is 2.38. The Hall–Kier alpha value is -1.92. The summed E-state index contributed by atoms with van der Waals surface area (Å²) in [5, 5.41) is 2.86. The number of hydrogen-bond donors (Lipinski definition) is 1. The highest BCUT2D eigenvalue weighted by Crippen LogP contribution is 2.16. The number of rotatable bonds is 7. The Morgan fingerprint density at radius 2 is 1.96 bits per heavy atom. The standard InChI is InChI=1S/C17H24N2O4/c1-2-22-13-14-5-3-4-6-15(14)18-16(20)7-8-17(21)19-9-11-23-12-10-19/h3-6H,2,7-13H2,1H3,(H,18,20). The van der Waals surface area contributed by atoms with Crippen LogP contribution in [0.5, 0.6) is 0 Å². The molecule has 1 fully saturated rings. The number of para-hydroxylation sites is 1. The molecule has 6 nitrogen and oxygen atoms in total. The topological polar surface area (TPSA) is 67.9 Å². The number of hydrogen-bond acceptors (Lipinski definition) is 4. The van der Waals surface area contributed by atoms with Gasteiger partial charge in [-0.05, 0) is 13.0 Å². The van der Waals surface area contributed by atoms with Crippen LogP contribution >= 0.6 is 0 Å². The summed E-state index contributed by atoms with van der Waals surface area (Å²) in [6.07, 6.45) is 0.401. The molecule has 0 aliphatic carbocycles. The fraction of sp³-hybridized carbons (Fsp3) is 0.529. The van der Waals surface area contributed by atoms with E-state index < -0.39 is 0 Å². The second-order valence-corrected chi connectivity index (χ2v) is 5.34. The van der Waals surface area contributed by atoms with Gasteiger partial charge in [-0.3, -0.25) is 9.59 Å². The first-order chi connectivity index (χ1) is 11.2. The SMILES string of the molecule is CCOCc1ccccc1NC(=O)CCC(=O)N1CCOCC1. The quantitative estimate of drug-likeness (QED) is 0.832. The molecule has 126 valence electrons. The third-order valence-corrected chi connectivity index (χ3v) is 3.68. The Labute approximate surface area is 136 Å². The van der Waals surface area contributed by atoms with Gasteiger partial charge in [0, 0.05) is 43.8 Å². The number of carbonyl (C=O) groups excluding carboxylic acids is 2. The van der Waals surface area contributed by atoms with Crippen LogP contribution in [0, 0.1) is 0 Å². The van der Waals surface area contributed by atoms with E-state index in [0.717, 1.165) is 11.3 Å². The van der Waals surface area contributed by atoms with E-state index in [-0.39, 0.29) is 24.7 Å². The summed E-state index contributed by atoms with van der Waals surface area (Å²) < 4.78 is 10.6. The molecule has 1 aliphatic heterocycles. The number of benzene rings is 1. The van der Waals surface area contributed by atoms with Gasteiger partial charge in [0.15, 0.2) is 0 Å². The summed E-state index contributed by atoms with van der Waals surface area (Å²) in [6.45, 7) is 5.37. The van der Waals surface area contributed by atoms with E-state index >= 15 is 0 Å². The van der Waals surface area contributed by atoms with Gasteiger partial charge >= 0.3 is 0 Å². The third kappa shape index (κ3) is 5.65. The normalized spacial score (nSPS) is 14.6. The zero-order chi connectivity index (χ0) is 16.5. The van der Waals surface area contributed by atoms with Crippen molar-refractivity contribution in [3.05, 3.63) is 29.8 Å². The highest BCUT2D eigenvalue weighted by Gasteiger charge is 2.17. The van der Waals surface area contributed by atoms with E-state index in [2.05, 4.69) is 5.32 Å². The summed E-state index contributed by atoms with van der Waals surface area (Å²) in [4.78, 5) is 25.9. The lowest BCUT2D eigenvalue weighted by atomic mass is 10.1. The van der Waals surface area contributed by atoms with Crippen LogP contribution in [0.1, 0.15) is 25.3 Å². The Morgan fingerprint density at radius 1 is 1.22 bits per heavy atom. The molecule has 0 bridgehead atoms. The Morgan fingerprint density at radius 3 is 2.70 bits per heavy atom. The van der Waals surface area contributed by atoms with Crippen molar-refractivity contribution in [1.82, 2.24) is 4.90 Å². The van der Waals surface area contributed by atoms with Crippen molar-refractivity contribution in [1.29, 1.82) is 0 Å². The predicted molar refractivity (Wildman–Crippen MR) is 87.0 cm³/mol. The van der Waals surface area contributed by atoms with Crippen molar-refractivity contribution >= 4 is 17.5 Å². The van der Waals surface area contributed by atoms with Gasteiger partial charge in [0.2, 0.25) is 11.8 Å². The van der Waals surface area contributed by atoms with Crippen LogP contribution in [0.2, 0.25) is 0 Å². The molecule has 1 aromatic carbocycles. The highest BCUT2D eigenvalue weighted by atomic mass is 16.5. The molecule has 0 aromatic heterocycles. The van der Waals surface area contributed by atoms with Crippen LogP contribution in [0.4, 0.5) is 5.69 Å². The summed E-state index contributed by atoms with van der Waals surface area (Å²) in [5.74, 6) is -0.151. The summed E-state index contributed by atoms with van der Waals surface area (Å²) in [5.41, 5.74) is 1.67. The molecule has 0 unspecified atom stereocenters. The van der Waals surface area contributed by atoms with Crippen LogP contribution in [0.3, 0.4) is 0 Å². The first-order valence-electron chi connectivity index (χ1n) is 8.01. The maximum Gasteiger partial charge on any atom is 0.224 e. The maximum absolute atomic E-state index is 12.1. The summed E-state index contributed by atoms with van der Waals surface area (Å²) in [7, 11) is 0. The molecule has 0 atom stereocenters. The molecule has 6 heteroatoms. The molecule has 2 rings (SSSR count). The monoisotopic (exact) mass is 320 g/mol. The van der Waals surface area contributed by atoms with Crippen LogP contribution < -0.4 is 5.32 Å². The number of amides is 2. The molecule has 1 N–H and O–H groups in total. The molecular formula is C17H24N2O4. The largest absolute Gasteiger partial charge is 0.378 e. The lowest BCUT2D eigenvalue weighted by Gasteiger charge is -2.26. The minimum atomic E-state index is -0.157. The van der Waals surface area contributed by atoms with Crippen molar-refractivity contribution in [3.63, 3.8) is 0 Å². The molecule has 23 heavy (non-hydrogen) atoms. The maximum atomic E-state index is 12.1. The fourth-order valence-electron chi connectivity index (χ4n) is 2.38. The van der Waals surface area contributed by atoms with Gasteiger partial charge in [-0.15, -0.1) is 0 Å². The predicted octanol–water partition coefficient (Wildman–Crippen LogP) is 1.80. The summed E-state index contributed by atoms with van der Waals surface area (Å²) >= 11 is 0. The smallest absolute Gasteiger partial charge is 0.224 e. The van der Waals surface area contributed by atoms with Crippen molar-refractivity contribution < 1.29 is 19.1 Å². The molecule has 1 aliphatic rings. The molecular weight excluding hydrogens is 296 g/mol. The molecule has 1 heterocycles. The van der Waals surface area contributed by atoms with Gasteiger partial charge in [-0.2, -0.15) is 0 Å². The minimum Gasteiger partial charge on any atom is -0.378 e. The van der Waals surface area contributed by atoms with Crippen LogP contribution in [-0.4, -0.2) is 49.6 Å². The number of nitrogens with zero attached hydrogens (tertiary/aromatic N) is 1. The van der Waals surface area contributed by atoms with Crippen molar-refractivity contribution in [2.75, 3.05) is 38.2 Å². The van der Waals surface area contributed by atoms with Crippen LogP contribution in [-0.2, 0) is 25.7 Å². The molecule has 0 radical (unpaired) electrons. The first kappa shape index (κ1) is 17.4. The van der Waals surface area contributed by atoms with Crippen molar-refractivity contribution in [2.24, 2.45) is 0 Å². The van der Waals surface area contributed by atoms with Gasteiger partial charge in [0.05, 0.1) is 19.8 Å². The average molecular weight is 320 g/mol. The third-order valence-electron chi connectivity index (χ3n) is 3.68. The second-order valence-electron chi connectivity index (χ2n) is 5.34. The second kappa shape index (κ2) is 9.27. The number of ether oxygens (including phenoxy) is 2. The molecule has 2 amide bonds. The number of carbonyl (C=O) groups is 2. The lowest BCUT2D eigenvalue weighted by molar-refractivity contribution is -0.136. The summed E-state index contributed by atoms with van der Waals surface area (Å²) in [6, 6.07) is 7.54. The van der Waals surface area contributed by atoms with Crippen molar-refractivity contribution in [2.45, 2.75) is 26.4 Å². The van der Waals surface area contributed by atoms with E-state index in [1.54, 1.807) is 4.90 Å². The van der Waals surface area contributed by atoms with Gasteiger partial charge < -0.3 is 19.7 Å². The van der Waals surface area contributed by atoms with Gasteiger partial charge in [0.1, 0.15) is 0 Å². The Kier molecular flexibility index (Phi) is 7.03. The number of anilines is 1. The highest BCUT2D eigenvalue weighted by molar-refractivity contribution is 5.93. The number of nitrogens with one attached hydrogen (secondary N) is 1. The van der Waals surface area contributed by atoms with Crippen LogP contribution in [0.15, 0.2) is 24.3 Å². The molecule has 1 saturated heterocycles. The Balaban J connectivity index is 1.81. The average Bonchev–Trinajstić information content (AvgIpc) is 2.59. The van der Waals surface area contributed by atoms with E-state index in [4.69, 9.17) is 9.47 Å². The number of morpholine rings is 1. The molecule has 0 spiro atoms. The minimum absolute atomic E-state index is 0.00560. The van der Waals surface area contributed by atoms with Crippen molar-refractivity contribution in [3.8, 4) is 0 Å². The van der Waals surface area contributed by atoms with E-state index in [1.807, 2.05) is 31.2 Å². The molecule has 0 saturated carbocycles. The lowest BCUT2D eigenvalue weighted by Crippen LogP contribution is -2.40.